The summed E-state index contributed by atoms with van der Waals surface area (Å²) in [4.78, 5) is 14.0. The van der Waals surface area contributed by atoms with Crippen LogP contribution < -0.4 is 10.2 Å². The minimum Gasteiger partial charge on any atom is -0.326 e. The van der Waals surface area contributed by atoms with E-state index in [4.69, 9.17) is 0 Å². The van der Waals surface area contributed by atoms with Gasteiger partial charge in [-0.05, 0) is 49.6 Å². The molecule has 1 fully saturated rings. The number of nitrogens with one attached hydrogen (secondary N) is 1. The molecule has 6 nitrogen and oxygen atoms in total. The van der Waals surface area contributed by atoms with E-state index in [0.717, 1.165) is 19.3 Å². The number of carbonyl (C=O) groups excluding carboxylic acids is 1. The fraction of sp³-hybridized carbons (Fsp3) is 0.333. The van der Waals surface area contributed by atoms with Crippen LogP contribution in [0.15, 0.2) is 51.8 Å². The van der Waals surface area contributed by atoms with Gasteiger partial charge in [-0.2, -0.15) is 8.42 Å². The molecule has 0 radical (unpaired) electrons. The zero-order valence-corrected chi connectivity index (χ0v) is 16.9. The Bertz CT molecular complexity index is 1090. The summed E-state index contributed by atoms with van der Waals surface area (Å²) in [5.74, 6) is -0.561. The lowest BCUT2D eigenvalue weighted by molar-refractivity contribution is -0.122. The second-order valence-electron chi connectivity index (χ2n) is 7.32. The molecule has 8 heteroatoms. The van der Waals surface area contributed by atoms with Gasteiger partial charge in [0, 0.05) is 18.2 Å². The molecule has 0 saturated heterocycles. The van der Waals surface area contributed by atoms with Crippen LogP contribution in [-0.2, 0) is 14.8 Å². The summed E-state index contributed by atoms with van der Waals surface area (Å²) in [6.07, 6.45) is 3.47. The van der Waals surface area contributed by atoms with Crippen LogP contribution in [-0.4, -0.2) is 26.7 Å². The molecular formula is C21H22FN3O3S. The van der Waals surface area contributed by atoms with Crippen molar-refractivity contribution in [3.05, 3.63) is 53.8 Å². The largest absolute Gasteiger partial charge is 0.326 e. The lowest BCUT2D eigenvalue weighted by Gasteiger charge is -2.31. The maximum absolute atomic E-state index is 14.4. The number of nitrogens with zero attached hydrogens (tertiary/aromatic N) is 2. The Morgan fingerprint density at radius 2 is 2.00 bits per heavy atom. The molecule has 2 aliphatic rings. The van der Waals surface area contributed by atoms with Crippen LogP contribution in [0.1, 0.15) is 38.2 Å². The van der Waals surface area contributed by atoms with Crippen molar-refractivity contribution in [2.24, 2.45) is 10.3 Å². The molecule has 1 N–H and O–H groups in total. The predicted octanol–water partition coefficient (Wildman–Crippen LogP) is 3.93. The molecule has 2 aromatic carbocycles. The Balaban J connectivity index is 1.76. The fourth-order valence-corrected chi connectivity index (χ4v) is 4.79. The lowest BCUT2D eigenvalue weighted by Crippen LogP contribution is -2.37. The number of carbonyl (C=O) groups is 1. The molecule has 29 heavy (non-hydrogen) atoms. The molecule has 4 rings (SSSR count). The molecule has 1 amide bonds. The monoisotopic (exact) mass is 415 g/mol. The SMILES string of the molecule is CCCN1C(c2ccccc2F)=NS(=O)(=O)c2cc(NC(=O)C3CCC3)ccc21. The highest BCUT2D eigenvalue weighted by molar-refractivity contribution is 7.90. The fourth-order valence-electron chi connectivity index (χ4n) is 3.55. The van der Waals surface area contributed by atoms with Crippen molar-refractivity contribution in [1.82, 2.24) is 0 Å². The number of amides is 1. The van der Waals surface area contributed by atoms with Crippen LogP contribution in [0.2, 0.25) is 0 Å². The zero-order valence-electron chi connectivity index (χ0n) is 16.1. The van der Waals surface area contributed by atoms with Crippen molar-refractivity contribution in [2.45, 2.75) is 37.5 Å². The van der Waals surface area contributed by atoms with E-state index in [1.54, 1.807) is 29.2 Å². The summed E-state index contributed by atoms with van der Waals surface area (Å²) < 4.78 is 44.1. The molecule has 0 unspecified atom stereocenters. The van der Waals surface area contributed by atoms with Gasteiger partial charge in [-0.25, -0.2) is 4.39 Å². The van der Waals surface area contributed by atoms with Gasteiger partial charge in [-0.3, -0.25) is 4.79 Å². The third-order valence-electron chi connectivity index (χ3n) is 5.30. The number of halogens is 1. The minimum absolute atomic E-state index is 0.00934. The number of benzene rings is 2. The normalized spacial score (nSPS) is 17.9. The van der Waals surface area contributed by atoms with E-state index in [0.29, 0.717) is 24.3 Å². The summed E-state index contributed by atoms with van der Waals surface area (Å²) in [7, 11) is -4.05. The summed E-state index contributed by atoms with van der Waals surface area (Å²) >= 11 is 0. The third-order valence-corrected chi connectivity index (χ3v) is 6.59. The molecule has 2 aromatic rings. The topological polar surface area (TPSA) is 78.8 Å². The highest BCUT2D eigenvalue weighted by Gasteiger charge is 2.33. The van der Waals surface area contributed by atoms with E-state index in [1.165, 1.54) is 18.2 Å². The minimum atomic E-state index is -4.05. The maximum Gasteiger partial charge on any atom is 0.286 e. The number of sulfonamides is 1. The van der Waals surface area contributed by atoms with E-state index >= 15 is 0 Å². The Labute approximate surface area is 169 Å². The Morgan fingerprint density at radius 3 is 2.66 bits per heavy atom. The average Bonchev–Trinajstić information content (AvgIpc) is 2.63. The molecule has 1 heterocycles. The van der Waals surface area contributed by atoms with E-state index in [-0.39, 0.29) is 28.1 Å². The number of anilines is 2. The van der Waals surface area contributed by atoms with Gasteiger partial charge in [-0.1, -0.05) is 25.5 Å². The smallest absolute Gasteiger partial charge is 0.286 e. The van der Waals surface area contributed by atoms with E-state index in [2.05, 4.69) is 9.71 Å². The molecule has 0 aromatic heterocycles. The number of fused-ring (bicyclic) bond motifs is 1. The third kappa shape index (κ3) is 3.64. The number of hydrogen-bond acceptors (Lipinski definition) is 4. The highest BCUT2D eigenvalue weighted by Crippen LogP contribution is 2.36. The number of amidine groups is 1. The molecular weight excluding hydrogens is 393 g/mol. The Morgan fingerprint density at radius 1 is 1.24 bits per heavy atom. The summed E-state index contributed by atoms with van der Waals surface area (Å²) in [5.41, 5.74) is 0.990. The lowest BCUT2D eigenvalue weighted by atomic mass is 9.85. The molecule has 1 aliphatic heterocycles. The van der Waals surface area contributed by atoms with Crippen LogP contribution in [0.25, 0.3) is 0 Å². The van der Waals surface area contributed by atoms with Crippen molar-refractivity contribution in [3.8, 4) is 0 Å². The molecule has 0 atom stereocenters. The summed E-state index contributed by atoms with van der Waals surface area (Å²) in [6, 6.07) is 10.8. The van der Waals surface area contributed by atoms with E-state index < -0.39 is 15.8 Å². The molecule has 1 aliphatic carbocycles. The first-order valence-corrected chi connectivity index (χ1v) is 11.2. The van der Waals surface area contributed by atoms with Crippen molar-refractivity contribution >= 4 is 33.1 Å². The van der Waals surface area contributed by atoms with E-state index in [1.807, 2.05) is 6.92 Å². The van der Waals surface area contributed by atoms with Crippen molar-refractivity contribution < 1.29 is 17.6 Å². The first-order valence-electron chi connectivity index (χ1n) is 9.73. The molecule has 0 bridgehead atoms. The van der Waals surface area contributed by atoms with Gasteiger partial charge in [0.15, 0.2) is 5.84 Å². The van der Waals surface area contributed by atoms with Crippen LogP contribution in [0.5, 0.6) is 0 Å². The van der Waals surface area contributed by atoms with Crippen molar-refractivity contribution in [3.63, 3.8) is 0 Å². The first-order chi connectivity index (χ1) is 13.9. The Kier molecular flexibility index (Phi) is 5.12. The molecule has 0 spiro atoms. The molecule has 152 valence electrons. The van der Waals surface area contributed by atoms with Crippen molar-refractivity contribution in [1.29, 1.82) is 0 Å². The summed E-state index contributed by atoms with van der Waals surface area (Å²) in [5, 5.41) is 2.80. The van der Waals surface area contributed by atoms with Crippen molar-refractivity contribution in [2.75, 3.05) is 16.8 Å². The first kappa shape index (κ1) is 19.6. The standard InChI is InChI=1S/C21H22FN3O3S/c1-2-12-25-18-11-10-15(23-21(26)14-6-5-7-14)13-19(18)29(27,28)24-20(25)16-8-3-4-9-17(16)22/h3-4,8-11,13-14H,2,5-7,12H2,1H3,(H,23,26). The van der Waals surface area contributed by atoms with Gasteiger partial charge in [0.05, 0.1) is 11.3 Å². The number of hydrogen-bond donors (Lipinski definition) is 1. The van der Waals surface area contributed by atoms with Gasteiger partial charge in [0.2, 0.25) is 5.91 Å². The van der Waals surface area contributed by atoms with Crippen LogP contribution in [0, 0.1) is 11.7 Å². The van der Waals surface area contributed by atoms with Gasteiger partial charge in [0.1, 0.15) is 10.7 Å². The van der Waals surface area contributed by atoms with E-state index in [9.17, 15) is 17.6 Å². The predicted molar refractivity (Wildman–Crippen MR) is 110 cm³/mol. The van der Waals surface area contributed by atoms with Crippen LogP contribution in [0.3, 0.4) is 0 Å². The Hall–Kier alpha value is -2.74. The average molecular weight is 415 g/mol. The highest BCUT2D eigenvalue weighted by atomic mass is 32.2. The molecule has 1 saturated carbocycles. The van der Waals surface area contributed by atoms with Gasteiger partial charge >= 0.3 is 0 Å². The second kappa shape index (κ2) is 7.59. The van der Waals surface area contributed by atoms with Gasteiger partial charge in [-0.15, -0.1) is 4.40 Å². The number of rotatable bonds is 5. The quantitative estimate of drug-likeness (QED) is 0.803. The maximum atomic E-state index is 14.4. The van der Waals surface area contributed by atoms with Gasteiger partial charge < -0.3 is 10.2 Å². The zero-order chi connectivity index (χ0) is 20.6. The van der Waals surface area contributed by atoms with Crippen LogP contribution in [0.4, 0.5) is 15.8 Å². The summed E-state index contributed by atoms with van der Waals surface area (Å²) in [6.45, 7) is 2.43. The van der Waals surface area contributed by atoms with Gasteiger partial charge in [0.25, 0.3) is 10.0 Å². The van der Waals surface area contributed by atoms with Crippen LogP contribution >= 0.6 is 0 Å². The second-order valence-corrected chi connectivity index (χ2v) is 8.89.